The number of nitrogens with zero attached hydrogens (tertiary/aromatic N) is 3. The summed E-state index contributed by atoms with van der Waals surface area (Å²) in [6, 6.07) is 8.85. The SMILES string of the molecule is Cc1nn2cccnc2c1C(=O)OCC(=O)NCc1cccc(Cl)c1. The number of hydrogen-bond acceptors (Lipinski definition) is 5. The minimum atomic E-state index is -0.635. The molecule has 0 fully saturated rings. The number of hydrogen-bond donors (Lipinski definition) is 1. The van der Waals surface area contributed by atoms with Gasteiger partial charge in [-0.25, -0.2) is 14.3 Å². The highest BCUT2D eigenvalue weighted by atomic mass is 35.5. The van der Waals surface area contributed by atoms with Crippen molar-refractivity contribution in [3.8, 4) is 0 Å². The Morgan fingerprint density at radius 1 is 1.32 bits per heavy atom. The van der Waals surface area contributed by atoms with Gasteiger partial charge in [0.2, 0.25) is 0 Å². The summed E-state index contributed by atoms with van der Waals surface area (Å²) in [5.74, 6) is -1.04. The number of nitrogens with one attached hydrogen (secondary N) is 1. The van der Waals surface area contributed by atoms with Crippen LogP contribution in [0.2, 0.25) is 5.02 Å². The fraction of sp³-hybridized carbons (Fsp3) is 0.176. The summed E-state index contributed by atoms with van der Waals surface area (Å²) in [6.07, 6.45) is 3.24. The van der Waals surface area contributed by atoms with Crippen LogP contribution >= 0.6 is 11.6 Å². The predicted molar refractivity (Wildman–Crippen MR) is 91.3 cm³/mol. The standard InChI is InChI=1S/C17H15ClN4O3/c1-11-15(16-19-6-3-7-22(16)21-11)17(24)25-10-14(23)20-9-12-4-2-5-13(18)8-12/h2-8H,9-10H2,1H3,(H,20,23). The van der Waals surface area contributed by atoms with E-state index in [0.717, 1.165) is 5.56 Å². The summed E-state index contributed by atoms with van der Waals surface area (Å²) in [5.41, 5.74) is 1.99. The van der Waals surface area contributed by atoms with E-state index in [0.29, 0.717) is 22.9 Å². The van der Waals surface area contributed by atoms with Gasteiger partial charge in [-0.05, 0) is 30.7 Å². The molecule has 0 saturated heterocycles. The third-order valence-electron chi connectivity index (χ3n) is 3.49. The molecule has 2 aromatic heterocycles. The molecule has 3 aromatic rings. The third kappa shape index (κ3) is 3.95. The number of amides is 1. The molecule has 8 heteroatoms. The van der Waals surface area contributed by atoms with E-state index in [4.69, 9.17) is 16.3 Å². The van der Waals surface area contributed by atoms with Gasteiger partial charge >= 0.3 is 5.97 Å². The second-order valence-corrected chi connectivity index (χ2v) is 5.77. The lowest BCUT2D eigenvalue weighted by molar-refractivity contribution is -0.124. The second-order valence-electron chi connectivity index (χ2n) is 5.33. The molecule has 0 aliphatic rings. The maximum atomic E-state index is 12.3. The Morgan fingerprint density at radius 2 is 2.16 bits per heavy atom. The number of fused-ring (bicyclic) bond motifs is 1. The fourth-order valence-electron chi connectivity index (χ4n) is 2.34. The van der Waals surface area contributed by atoms with Gasteiger partial charge in [-0.1, -0.05) is 23.7 Å². The van der Waals surface area contributed by atoms with Crippen LogP contribution < -0.4 is 5.32 Å². The molecule has 0 unspecified atom stereocenters. The normalized spacial score (nSPS) is 10.6. The van der Waals surface area contributed by atoms with E-state index in [9.17, 15) is 9.59 Å². The van der Waals surface area contributed by atoms with Crippen LogP contribution in [0.5, 0.6) is 0 Å². The van der Waals surface area contributed by atoms with E-state index in [1.54, 1.807) is 43.6 Å². The van der Waals surface area contributed by atoms with Crippen molar-refractivity contribution >= 4 is 29.1 Å². The van der Waals surface area contributed by atoms with Crippen LogP contribution in [0.25, 0.3) is 5.65 Å². The molecule has 3 rings (SSSR count). The van der Waals surface area contributed by atoms with Crippen molar-refractivity contribution < 1.29 is 14.3 Å². The molecule has 25 heavy (non-hydrogen) atoms. The Labute approximate surface area is 148 Å². The van der Waals surface area contributed by atoms with Crippen molar-refractivity contribution in [1.29, 1.82) is 0 Å². The first-order valence-electron chi connectivity index (χ1n) is 7.53. The molecule has 0 aliphatic heterocycles. The lowest BCUT2D eigenvalue weighted by Crippen LogP contribution is -2.28. The smallest absolute Gasteiger partial charge is 0.344 e. The molecule has 1 amide bonds. The molecule has 1 N–H and O–H groups in total. The topological polar surface area (TPSA) is 85.6 Å². The number of benzene rings is 1. The Morgan fingerprint density at radius 3 is 2.96 bits per heavy atom. The molecule has 0 radical (unpaired) electrons. The van der Waals surface area contributed by atoms with Gasteiger partial charge in [0.1, 0.15) is 5.56 Å². The molecule has 128 valence electrons. The largest absolute Gasteiger partial charge is 0.452 e. The molecule has 0 atom stereocenters. The highest BCUT2D eigenvalue weighted by molar-refractivity contribution is 6.30. The minimum absolute atomic E-state index is 0.253. The van der Waals surface area contributed by atoms with Gasteiger partial charge in [-0.2, -0.15) is 5.10 Å². The van der Waals surface area contributed by atoms with Gasteiger partial charge in [0.25, 0.3) is 5.91 Å². The lowest BCUT2D eigenvalue weighted by atomic mass is 10.2. The molecular formula is C17H15ClN4O3. The van der Waals surface area contributed by atoms with Crippen LogP contribution in [-0.4, -0.2) is 33.1 Å². The van der Waals surface area contributed by atoms with Gasteiger partial charge in [0.05, 0.1) is 5.69 Å². The van der Waals surface area contributed by atoms with Crippen LogP contribution in [-0.2, 0) is 16.1 Å². The van der Waals surface area contributed by atoms with Crippen molar-refractivity contribution in [3.63, 3.8) is 0 Å². The maximum Gasteiger partial charge on any atom is 0.344 e. The molecule has 0 spiro atoms. The van der Waals surface area contributed by atoms with Gasteiger partial charge in [0, 0.05) is 24.0 Å². The van der Waals surface area contributed by atoms with E-state index < -0.39 is 11.9 Å². The van der Waals surface area contributed by atoms with Gasteiger partial charge in [0.15, 0.2) is 12.3 Å². The van der Waals surface area contributed by atoms with Crippen molar-refractivity contribution in [2.45, 2.75) is 13.5 Å². The van der Waals surface area contributed by atoms with Gasteiger partial charge in [-0.15, -0.1) is 0 Å². The lowest BCUT2D eigenvalue weighted by Gasteiger charge is -2.07. The summed E-state index contributed by atoms with van der Waals surface area (Å²) < 4.78 is 6.57. The highest BCUT2D eigenvalue weighted by Gasteiger charge is 2.20. The Bertz CT molecular complexity index is 939. The van der Waals surface area contributed by atoms with Crippen LogP contribution in [0, 0.1) is 6.92 Å². The van der Waals surface area contributed by atoms with Crippen molar-refractivity contribution in [3.05, 3.63) is 64.6 Å². The molecular weight excluding hydrogens is 344 g/mol. The summed E-state index contributed by atoms with van der Waals surface area (Å²) >= 11 is 5.89. The molecule has 2 heterocycles. The molecule has 1 aromatic carbocycles. The first-order valence-corrected chi connectivity index (χ1v) is 7.90. The van der Waals surface area contributed by atoms with Gasteiger partial charge < -0.3 is 10.1 Å². The number of ether oxygens (including phenoxy) is 1. The maximum absolute atomic E-state index is 12.3. The summed E-state index contributed by atoms with van der Waals surface area (Å²) in [6.45, 7) is 1.60. The Kier molecular flexibility index (Phi) is 4.95. The third-order valence-corrected chi connectivity index (χ3v) is 3.72. The first-order chi connectivity index (χ1) is 12.0. The zero-order valence-electron chi connectivity index (χ0n) is 13.4. The summed E-state index contributed by atoms with van der Waals surface area (Å²) in [4.78, 5) is 28.2. The van der Waals surface area contributed by atoms with Crippen LogP contribution in [0.1, 0.15) is 21.6 Å². The molecule has 0 bridgehead atoms. The van der Waals surface area contributed by atoms with Crippen LogP contribution in [0.3, 0.4) is 0 Å². The highest BCUT2D eigenvalue weighted by Crippen LogP contribution is 2.14. The Balaban J connectivity index is 1.58. The average Bonchev–Trinajstić information content (AvgIpc) is 2.93. The van der Waals surface area contributed by atoms with E-state index in [1.807, 2.05) is 6.07 Å². The summed E-state index contributed by atoms with van der Waals surface area (Å²) in [7, 11) is 0. The van der Waals surface area contributed by atoms with Crippen LogP contribution in [0.15, 0.2) is 42.7 Å². The number of aromatic nitrogens is 3. The van der Waals surface area contributed by atoms with E-state index in [1.165, 1.54) is 4.52 Å². The Hall–Kier alpha value is -2.93. The molecule has 7 nitrogen and oxygen atoms in total. The molecule has 0 aliphatic carbocycles. The number of aryl methyl sites for hydroxylation is 1. The number of esters is 1. The number of halogens is 1. The van der Waals surface area contributed by atoms with Crippen molar-refractivity contribution in [1.82, 2.24) is 19.9 Å². The van der Waals surface area contributed by atoms with Crippen molar-refractivity contribution in [2.24, 2.45) is 0 Å². The average molecular weight is 359 g/mol. The zero-order valence-corrected chi connectivity index (χ0v) is 14.2. The van der Waals surface area contributed by atoms with E-state index in [2.05, 4.69) is 15.4 Å². The second kappa shape index (κ2) is 7.31. The zero-order chi connectivity index (χ0) is 17.8. The van der Waals surface area contributed by atoms with Crippen molar-refractivity contribution in [2.75, 3.05) is 6.61 Å². The number of carbonyl (C=O) groups excluding carboxylic acids is 2. The quantitative estimate of drug-likeness (QED) is 0.706. The number of carbonyl (C=O) groups is 2. The summed E-state index contributed by atoms with van der Waals surface area (Å²) in [5, 5.41) is 7.45. The molecule has 0 saturated carbocycles. The van der Waals surface area contributed by atoms with Gasteiger partial charge in [-0.3, -0.25) is 4.79 Å². The minimum Gasteiger partial charge on any atom is -0.452 e. The predicted octanol–water partition coefficient (Wildman–Crippen LogP) is 2.16. The van der Waals surface area contributed by atoms with Crippen LogP contribution in [0.4, 0.5) is 0 Å². The fourth-order valence-corrected chi connectivity index (χ4v) is 2.55. The van der Waals surface area contributed by atoms with E-state index >= 15 is 0 Å². The van der Waals surface area contributed by atoms with E-state index in [-0.39, 0.29) is 12.2 Å². The monoisotopic (exact) mass is 358 g/mol. The number of rotatable bonds is 5. The first kappa shape index (κ1) is 16.9.